The van der Waals surface area contributed by atoms with Gasteiger partial charge in [0.1, 0.15) is 6.10 Å². The van der Waals surface area contributed by atoms with E-state index in [1.807, 2.05) is 0 Å². The first kappa shape index (κ1) is 18.2. The van der Waals surface area contributed by atoms with E-state index < -0.39 is 0 Å². The summed E-state index contributed by atoms with van der Waals surface area (Å²) < 4.78 is 11.6. The van der Waals surface area contributed by atoms with Crippen molar-refractivity contribution < 1.29 is 14.1 Å². The molecule has 5 heteroatoms. The van der Waals surface area contributed by atoms with E-state index in [1.165, 1.54) is 11.1 Å². The summed E-state index contributed by atoms with van der Waals surface area (Å²) in [7, 11) is 0. The van der Waals surface area contributed by atoms with Gasteiger partial charge in [-0.1, -0.05) is 19.1 Å². The van der Waals surface area contributed by atoms with Crippen LogP contribution in [0.25, 0.3) is 0 Å². The summed E-state index contributed by atoms with van der Waals surface area (Å²) in [6, 6.07) is 4.73. The fraction of sp³-hybridized carbons (Fsp3) is 0.650. The van der Waals surface area contributed by atoms with Crippen LogP contribution in [-0.2, 0) is 33.3 Å². The quantitative estimate of drug-likeness (QED) is 0.342. The highest BCUT2D eigenvalue weighted by molar-refractivity contribution is 14.2. The Kier molecular flexibility index (Phi) is 5.16. The fourth-order valence-corrected chi connectivity index (χ4v) is 6.94. The van der Waals surface area contributed by atoms with Gasteiger partial charge in [0.05, 0.1) is 12.6 Å². The Bertz CT molecular complexity index is 692. The van der Waals surface area contributed by atoms with Crippen LogP contribution in [0.2, 0.25) is 0 Å². The van der Waals surface area contributed by atoms with Gasteiger partial charge in [0, 0.05) is 12.3 Å². The number of carbonyl (C=O) groups is 1. The van der Waals surface area contributed by atoms with Gasteiger partial charge in [0.2, 0.25) is 0 Å². The molecule has 4 rings (SSSR count). The maximum atomic E-state index is 11.5. The molecule has 3 aliphatic carbocycles. The number of carbonyl (C=O) groups excluding carboxylic acids is 1. The molecule has 5 atom stereocenters. The maximum Gasteiger partial charge on any atom is 0.302 e. The van der Waals surface area contributed by atoms with Crippen LogP contribution in [0, 0.1) is 5.41 Å². The SMILES string of the molecule is CC(=O)O[C@H]1CCC2c3ccc4c(c3CCC21C)CC[C@H](OPI)C4. The zero-order valence-electron chi connectivity index (χ0n) is 14.9. The molecule has 0 radical (unpaired) electrons. The Hall–Kier alpha value is -0.190. The number of hydrogen-bond donors (Lipinski definition) is 0. The smallest absolute Gasteiger partial charge is 0.302 e. The number of esters is 1. The largest absolute Gasteiger partial charge is 0.462 e. The summed E-state index contributed by atoms with van der Waals surface area (Å²) in [6.07, 6.45) is 8.26. The molecule has 1 fully saturated rings. The zero-order chi connectivity index (χ0) is 17.6. The van der Waals surface area contributed by atoms with Gasteiger partial charge in [0.25, 0.3) is 0 Å². The number of fused-ring (bicyclic) bond motifs is 5. The van der Waals surface area contributed by atoms with Crippen LogP contribution in [0.3, 0.4) is 0 Å². The fourth-order valence-electron chi connectivity index (χ4n) is 5.54. The number of benzene rings is 1. The molecule has 1 aromatic carbocycles. The monoisotopic (exact) mass is 472 g/mol. The third-order valence-electron chi connectivity index (χ3n) is 6.79. The van der Waals surface area contributed by atoms with Crippen molar-refractivity contribution in [1.29, 1.82) is 0 Å². The summed E-state index contributed by atoms with van der Waals surface area (Å²) in [5, 5.41) is 0. The molecule has 0 saturated heterocycles. The number of halogens is 1. The molecule has 3 aliphatic rings. The van der Waals surface area contributed by atoms with E-state index in [-0.39, 0.29) is 17.5 Å². The minimum Gasteiger partial charge on any atom is -0.462 e. The third-order valence-corrected chi connectivity index (χ3v) is 7.97. The Morgan fingerprint density at radius 3 is 2.84 bits per heavy atom. The summed E-state index contributed by atoms with van der Waals surface area (Å²) >= 11 is 2.32. The highest BCUT2D eigenvalue weighted by atomic mass is 127. The van der Waals surface area contributed by atoms with E-state index in [9.17, 15) is 4.79 Å². The van der Waals surface area contributed by atoms with Crippen LogP contribution >= 0.6 is 28.5 Å². The van der Waals surface area contributed by atoms with Crippen molar-refractivity contribution in [3.05, 3.63) is 34.4 Å². The van der Waals surface area contributed by atoms with Crippen molar-refractivity contribution in [3.63, 3.8) is 0 Å². The van der Waals surface area contributed by atoms with Gasteiger partial charge in [-0.25, -0.2) is 0 Å². The molecule has 1 saturated carbocycles. The van der Waals surface area contributed by atoms with Gasteiger partial charge in [-0.15, -0.1) is 0 Å². The summed E-state index contributed by atoms with van der Waals surface area (Å²) in [5.74, 6) is 0.404. The topological polar surface area (TPSA) is 35.5 Å². The highest BCUT2D eigenvalue weighted by Crippen LogP contribution is 2.57. The standard InChI is InChI=1S/C20H26IO3P/c1-12(22)23-19-8-7-18-17-5-3-13-11-14(24-25-21)4-6-15(13)16(17)9-10-20(18,19)2/h3,5,14,18-19,25H,4,6-11H2,1-2H3/t14-,18?,19-,20?/m0/s1. The van der Waals surface area contributed by atoms with Gasteiger partial charge in [0.15, 0.2) is 0 Å². The lowest BCUT2D eigenvalue weighted by molar-refractivity contribution is -0.152. The van der Waals surface area contributed by atoms with Crippen molar-refractivity contribution in [1.82, 2.24) is 0 Å². The number of hydrogen-bond acceptors (Lipinski definition) is 3. The second-order valence-corrected chi connectivity index (χ2v) is 9.78. The van der Waals surface area contributed by atoms with Crippen LogP contribution in [0.15, 0.2) is 12.1 Å². The predicted molar refractivity (Wildman–Crippen MR) is 110 cm³/mol. The average Bonchev–Trinajstić information content (AvgIpc) is 2.91. The maximum absolute atomic E-state index is 11.5. The van der Waals surface area contributed by atoms with Crippen molar-refractivity contribution in [2.24, 2.45) is 5.41 Å². The van der Waals surface area contributed by atoms with Crippen molar-refractivity contribution in [2.45, 2.75) is 76.9 Å². The number of rotatable bonds is 3. The lowest BCUT2D eigenvalue weighted by Gasteiger charge is -2.42. The summed E-state index contributed by atoms with van der Waals surface area (Å²) in [5.41, 5.74) is 6.36. The van der Waals surface area contributed by atoms with Crippen molar-refractivity contribution in [2.75, 3.05) is 0 Å². The normalized spacial score (nSPS) is 33.8. The van der Waals surface area contributed by atoms with E-state index >= 15 is 0 Å². The molecule has 0 amide bonds. The van der Waals surface area contributed by atoms with E-state index in [1.54, 1.807) is 18.1 Å². The Morgan fingerprint density at radius 2 is 2.08 bits per heavy atom. The highest BCUT2D eigenvalue weighted by Gasteiger charge is 2.51. The Balaban J connectivity index is 1.64. The van der Waals surface area contributed by atoms with Crippen LogP contribution in [-0.4, -0.2) is 18.2 Å². The average molecular weight is 472 g/mol. The molecule has 0 heterocycles. The first-order valence-corrected chi connectivity index (χ1v) is 13.4. The molecule has 0 aliphatic heterocycles. The van der Waals surface area contributed by atoms with Gasteiger partial charge in [-0.05, 0) is 95.2 Å². The molecule has 136 valence electrons. The van der Waals surface area contributed by atoms with Crippen LogP contribution in [0.1, 0.15) is 67.7 Å². The van der Waals surface area contributed by atoms with E-state index in [2.05, 4.69) is 41.1 Å². The summed E-state index contributed by atoms with van der Waals surface area (Å²) in [4.78, 5) is 11.5. The molecular formula is C20H26IO3P. The van der Waals surface area contributed by atoms with Crippen LogP contribution in [0.4, 0.5) is 0 Å². The number of ether oxygens (including phenoxy) is 1. The first-order valence-electron chi connectivity index (χ1n) is 9.35. The predicted octanol–water partition coefficient (Wildman–Crippen LogP) is 5.27. The molecule has 0 N–H and O–H groups in total. The minimum atomic E-state index is -0.134. The van der Waals surface area contributed by atoms with Gasteiger partial charge in [-0.2, -0.15) is 0 Å². The van der Waals surface area contributed by atoms with E-state index in [0.717, 1.165) is 44.9 Å². The van der Waals surface area contributed by atoms with Gasteiger partial charge < -0.3 is 9.26 Å². The molecule has 1 aromatic rings. The lowest BCUT2D eigenvalue weighted by atomic mass is 9.64. The Morgan fingerprint density at radius 1 is 1.24 bits per heavy atom. The van der Waals surface area contributed by atoms with Crippen LogP contribution < -0.4 is 0 Å². The van der Waals surface area contributed by atoms with E-state index in [4.69, 9.17) is 9.26 Å². The van der Waals surface area contributed by atoms with Gasteiger partial charge in [-0.3, -0.25) is 4.79 Å². The van der Waals surface area contributed by atoms with Crippen molar-refractivity contribution in [3.8, 4) is 0 Å². The second-order valence-electron chi connectivity index (χ2n) is 8.06. The molecule has 3 unspecified atom stereocenters. The molecule has 25 heavy (non-hydrogen) atoms. The second kappa shape index (κ2) is 7.09. The molecule has 0 bridgehead atoms. The van der Waals surface area contributed by atoms with Gasteiger partial charge >= 0.3 is 5.97 Å². The summed E-state index contributed by atoms with van der Waals surface area (Å²) in [6.45, 7) is 4.43. The lowest BCUT2D eigenvalue weighted by Crippen LogP contribution is -2.38. The molecule has 0 spiro atoms. The minimum absolute atomic E-state index is 0.0848. The van der Waals surface area contributed by atoms with Crippen molar-refractivity contribution >= 4 is 34.5 Å². The molecule has 0 aromatic heterocycles. The Labute approximate surface area is 165 Å². The van der Waals surface area contributed by atoms with E-state index in [0.29, 0.717) is 18.5 Å². The van der Waals surface area contributed by atoms with Crippen LogP contribution in [0.5, 0.6) is 0 Å². The molecular weight excluding hydrogens is 446 g/mol. The zero-order valence-corrected chi connectivity index (χ0v) is 18.1. The first-order chi connectivity index (χ1) is 12.0. The molecule has 3 nitrogen and oxygen atoms in total. The third kappa shape index (κ3) is 3.17.